The first-order valence-corrected chi connectivity index (χ1v) is 11.8. The average molecular weight is 511 g/mol. The lowest BCUT2D eigenvalue weighted by atomic mass is 10.0. The number of aromatic nitrogens is 4. The van der Waals surface area contributed by atoms with Crippen molar-refractivity contribution in [2.45, 2.75) is 6.92 Å². The number of hydrogen-bond donors (Lipinski definition) is 3. The van der Waals surface area contributed by atoms with Crippen LogP contribution in [0.4, 0.5) is 20.4 Å². The minimum absolute atomic E-state index is 0.213. The third-order valence-electron chi connectivity index (χ3n) is 5.94. The van der Waals surface area contributed by atoms with E-state index in [9.17, 15) is 13.6 Å². The number of nitrogens with one attached hydrogen (secondary N) is 3. The van der Waals surface area contributed by atoms with Gasteiger partial charge in [0.2, 0.25) is 11.8 Å². The molecule has 4 heterocycles. The maximum absolute atomic E-state index is 14.4. The van der Waals surface area contributed by atoms with Gasteiger partial charge in [0.25, 0.3) is 5.56 Å². The molecule has 0 amide bonds. The Morgan fingerprint density at radius 2 is 2.03 bits per heavy atom. The van der Waals surface area contributed by atoms with Gasteiger partial charge in [-0.15, -0.1) is 0 Å². The number of rotatable bonds is 9. The van der Waals surface area contributed by atoms with Gasteiger partial charge in [0, 0.05) is 57.4 Å². The van der Waals surface area contributed by atoms with E-state index in [4.69, 9.17) is 10.1 Å². The molecule has 194 valence electrons. The van der Waals surface area contributed by atoms with E-state index in [1.165, 1.54) is 30.8 Å². The van der Waals surface area contributed by atoms with Gasteiger partial charge < -0.3 is 20.8 Å². The van der Waals surface area contributed by atoms with Crippen LogP contribution in [0.5, 0.6) is 5.88 Å². The van der Waals surface area contributed by atoms with Crippen LogP contribution in [-0.2, 0) is 7.05 Å². The van der Waals surface area contributed by atoms with Gasteiger partial charge in [-0.2, -0.15) is 4.98 Å². The van der Waals surface area contributed by atoms with E-state index in [0.29, 0.717) is 29.8 Å². The van der Waals surface area contributed by atoms with Crippen LogP contribution in [0, 0.1) is 5.41 Å². The molecule has 12 heteroatoms. The largest absolute Gasteiger partial charge is 0.476 e. The first kappa shape index (κ1) is 26.0. The van der Waals surface area contributed by atoms with Gasteiger partial charge in [-0.1, -0.05) is 6.08 Å². The molecule has 0 unspecified atom stereocenters. The Hall–Kier alpha value is -4.03. The van der Waals surface area contributed by atoms with Crippen molar-refractivity contribution in [2.24, 2.45) is 7.05 Å². The van der Waals surface area contributed by atoms with E-state index in [0.717, 1.165) is 38.8 Å². The zero-order chi connectivity index (χ0) is 26.4. The summed E-state index contributed by atoms with van der Waals surface area (Å²) in [5.74, 6) is -1.38. The van der Waals surface area contributed by atoms with Gasteiger partial charge in [-0.3, -0.25) is 14.3 Å². The Morgan fingerprint density at radius 3 is 2.70 bits per heavy atom. The molecule has 0 atom stereocenters. The first-order chi connectivity index (χ1) is 17.9. The van der Waals surface area contributed by atoms with Crippen molar-refractivity contribution in [3.8, 4) is 5.88 Å². The fraction of sp³-hybridized carbons (Fsp3) is 0.320. The lowest BCUT2D eigenvalue weighted by Gasteiger charge is -2.26. The highest BCUT2D eigenvalue weighted by Crippen LogP contribution is 2.28. The van der Waals surface area contributed by atoms with Crippen molar-refractivity contribution in [1.82, 2.24) is 29.7 Å². The highest BCUT2D eigenvalue weighted by molar-refractivity contribution is 5.94. The van der Waals surface area contributed by atoms with Gasteiger partial charge >= 0.3 is 0 Å². The molecule has 1 aliphatic rings. The number of nitrogens with zero attached hydrogens (tertiary/aromatic N) is 5. The smallest absolute Gasteiger partial charge is 0.260 e. The van der Waals surface area contributed by atoms with Crippen molar-refractivity contribution < 1.29 is 13.5 Å². The lowest BCUT2D eigenvalue weighted by molar-refractivity contribution is 0.188. The van der Waals surface area contributed by atoms with E-state index in [-0.39, 0.29) is 17.2 Å². The molecule has 3 aromatic rings. The standard InChI is InChI=1S/C25H28F2N8O2/c1-3-19(26)22(20(27)13-28)18-12-16-14-31-25(33-23(16)34(2)24(18)36)32-17-4-5-21(30-15-17)37-11-10-35-8-6-29-7-9-35/h3-5,12-15,28-29H,6-11H2,1-2H3,(H,31,32,33)/b19-3+,22-20+,28-13?. The van der Waals surface area contributed by atoms with Crippen LogP contribution in [0.2, 0.25) is 0 Å². The van der Waals surface area contributed by atoms with Crippen LogP contribution in [0.3, 0.4) is 0 Å². The Morgan fingerprint density at radius 1 is 1.24 bits per heavy atom. The SMILES string of the molecule is C/C=C(F)\C(=C(\F)C=N)c1cc2cnc(Nc3ccc(OCCN4CCNCC4)nc3)nc2n(C)c1=O. The van der Waals surface area contributed by atoms with Gasteiger partial charge in [0.05, 0.1) is 29.2 Å². The zero-order valence-corrected chi connectivity index (χ0v) is 20.6. The van der Waals surface area contributed by atoms with Gasteiger partial charge in [-0.25, -0.2) is 18.7 Å². The van der Waals surface area contributed by atoms with Gasteiger partial charge in [-0.05, 0) is 19.1 Å². The van der Waals surface area contributed by atoms with E-state index in [2.05, 4.69) is 30.5 Å². The van der Waals surface area contributed by atoms with Crippen molar-refractivity contribution in [2.75, 3.05) is 44.6 Å². The lowest BCUT2D eigenvalue weighted by Crippen LogP contribution is -2.44. The summed E-state index contributed by atoms with van der Waals surface area (Å²) in [6.45, 7) is 6.73. The maximum Gasteiger partial charge on any atom is 0.260 e. The molecule has 0 spiro atoms. The van der Waals surface area contributed by atoms with E-state index >= 15 is 0 Å². The quantitative estimate of drug-likeness (QED) is 0.297. The Bertz CT molecular complexity index is 1400. The second-order valence-corrected chi connectivity index (χ2v) is 8.35. The van der Waals surface area contributed by atoms with Crippen LogP contribution < -0.4 is 20.9 Å². The second kappa shape index (κ2) is 11.8. The predicted molar refractivity (Wildman–Crippen MR) is 139 cm³/mol. The Kier molecular flexibility index (Phi) is 8.31. The summed E-state index contributed by atoms with van der Waals surface area (Å²) >= 11 is 0. The molecule has 3 N–H and O–H groups in total. The second-order valence-electron chi connectivity index (χ2n) is 8.35. The summed E-state index contributed by atoms with van der Waals surface area (Å²) in [6.07, 6.45) is 4.43. The fourth-order valence-electron chi connectivity index (χ4n) is 3.96. The van der Waals surface area contributed by atoms with Crippen LogP contribution in [-0.4, -0.2) is 70.0 Å². The number of piperazine rings is 1. The molecule has 0 radical (unpaired) electrons. The summed E-state index contributed by atoms with van der Waals surface area (Å²) in [7, 11) is 1.45. The van der Waals surface area contributed by atoms with E-state index < -0.39 is 22.8 Å². The average Bonchev–Trinajstić information content (AvgIpc) is 2.93. The van der Waals surface area contributed by atoms with Crippen LogP contribution in [0.1, 0.15) is 12.5 Å². The number of aryl methyl sites for hydroxylation is 1. The van der Waals surface area contributed by atoms with Gasteiger partial charge in [0.1, 0.15) is 18.1 Å². The molecule has 1 fully saturated rings. The van der Waals surface area contributed by atoms with Crippen LogP contribution in [0.15, 0.2) is 53.1 Å². The molecule has 10 nitrogen and oxygen atoms in total. The molecular formula is C25H28F2N8O2. The topological polar surface area (TPSA) is 121 Å². The number of allylic oxidation sites excluding steroid dienone is 4. The molecule has 0 aromatic carbocycles. The minimum atomic E-state index is -1.16. The predicted octanol–water partition coefficient (Wildman–Crippen LogP) is 2.95. The highest BCUT2D eigenvalue weighted by atomic mass is 19.1. The maximum atomic E-state index is 14.4. The number of hydrogen-bond acceptors (Lipinski definition) is 9. The first-order valence-electron chi connectivity index (χ1n) is 11.8. The summed E-state index contributed by atoms with van der Waals surface area (Å²) in [5.41, 5.74) is -0.590. The van der Waals surface area contributed by atoms with Gasteiger partial charge in [0.15, 0.2) is 5.83 Å². The molecule has 1 aliphatic heterocycles. The van der Waals surface area contributed by atoms with E-state index in [1.54, 1.807) is 18.3 Å². The third kappa shape index (κ3) is 6.04. The highest BCUT2D eigenvalue weighted by Gasteiger charge is 2.19. The zero-order valence-electron chi connectivity index (χ0n) is 20.6. The molecule has 1 saturated heterocycles. The molecular weight excluding hydrogens is 482 g/mol. The number of pyridine rings is 2. The summed E-state index contributed by atoms with van der Waals surface area (Å²) in [6, 6.07) is 4.83. The monoisotopic (exact) mass is 510 g/mol. The third-order valence-corrected chi connectivity index (χ3v) is 5.94. The minimum Gasteiger partial charge on any atom is -0.476 e. The van der Waals surface area contributed by atoms with Crippen molar-refractivity contribution in [3.63, 3.8) is 0 Å². The fourth-order valence-corrected chi connectivity index (χ4v) is 3.96. The van der Waals surface area contributed by atoms with Crippen molar-refractivity contribution >= 4 is 34.5 Å². The summed E-state index contributed by atoms with van der Waals surface area (Å²) in [5, 5.41) is 13.9. The number of halogens is 2. The molecule has 0 bridgehead atoms. The van der Waals surface area contributed by atoms with Crippen LogP contribution >= 0.6 is 0 Å². The normalized spacial score (nSPS) is 15.4. The van der Waals surface area contributed by atoms with Crippen molar-refractivity contribution in [3.05, 3.63) is 64.2 Å². The summed E-state index contributed by atoms with van der Waals surface area (Å²) in [4.78, 5) is 28.2. The molecule has 4 rings (SSSR count). The number of ether oxygens (including phenoxy) is 1. The number of anilines is 2. The number of fused-ring (bicyclic) bond motifs is 1. The molecule has 0 aliphatic carbocycles. The molecule has 0 saturated carbocycles. The molecule has 3 aromatic heterocycles. The van der Waals surface area contributed by atoms with Crippen LogP contribution in [0.25, 0.3) is 16.6 Å². The Labute approximate surface area is 212 Å². The summed E-state index contributed by atoms with van der Waals surface area (Å²) < 4.78 is 35.6. The molecule has 37 heavy (non-hydrogen) atoms. The van der Waals surface area contributed by atoms with Crippen molar-refractivity contribution in [1.29, 1.82) is 5.41 Å². The Balaban J connectivity index is 1.50. The van der Waals surface area contributed by atoms with E-state index in [1.807, 2.05) is 0 Å².